The number of carbonyl (C=O) groups is 2. The maximum absolute atomic E-state index is 11.8. The van der Waals surface area contributed by atoms with Crippen molar-refractivity contribution in [3.8, 4) is 0 Å². The van der Waals surface area contributed by atoms with Crippen molar-refractivity contribution < 1.29 is 9.59 Å². The van der Waals surface area contributed by atoms with Gasteiger partial charge in [0.15, 0.2) is 0 Å². The van der Waals surface area contributed by atoms with Crippen LogP contribution in [0.2, 0.25) is 0 Å². The molecule has 122 valence electrons. The molecule has 22 heavy (non-hydrogen) atoms. The molecule has 0 saturated carbocycles. The number of rotatable bonds is 8. The van der Waals surface area contributed by atoms with Gasteiger partial charge in [0.2, 0.25) is 11.8 Å². The van der Waals surface area contributed by atoms with E-state index in [0.29, 0.717) is 12.3 Å². The number of amides is 2. The van der Waals surface area contributed by atoms with Crippen molar-refractivity contribution in [3.63, 3.8) is 0 Å². The summed E-state index contributed by atoms with van der Waals surface area (Å²) in [5.41, 5.74) is 2.38. The van der Waals surface area contributed by atoms with E-state index in [-0.39, 0.29) is 24.4 Å². The van der Waals surface area contributed by atoms with E-state index < -0.39 is 0 Å². The minimum absolute atomic E-state index is 0.0363. The molecule has 2 amide bonds. The summed E-state index contributed by atoms with van der Waals surface area (Å²) < 4.78 is 0. The average molecular weight is 304 g/mol. The van der Waals surface area contributed by atoms with Crippen LogP contribution in [-0.2, 0) is 16.0 Å². The fourth-order valence-electron chi connectivity index (χ4n) is 2.28. The minimum Gasteiger partial charge on any atom is -0.348 e. The first kappa shape index (κ1) is 18.2. The zero-order valence-electron chi connectivity index (χ0n) is 14.1. The molecule has 2 N–H and O–H groups in total. The molecule has 0 aromatic heterocycles. The van der Waals surface area contributed by atoms with Gasteiger partial charge < -0.3 is 10.6 Å². The van der Waals surface area contributed by atoms with Gasteiger partial charge in [0.25, 0.3) is 0 Å². The first-order chi connectivity index (χ1) is 10.4. The van der Waals surface area contributed by atoms with Crippen molar-refractivity contribution in [3.05, 3.63) is 35.4 Å². The molecule has 0 aliphatic heterocycles. The molecular weight excluding hydrogens is 276 g/mol. The average Bonchev–Trinajstić information content (AvgIpc) is 2.45. The second-order valence-electron chi connectivity index (χ2n) is 6.16. The summed E-state index contributed by atoms with van der Waals surface area (Å²) in [5.74, 6) is 0.390. The van der Waals surface area contributed by atoms with E-state index in [4.69, 9.17) is 0 Å². The molecule has 0 aliphatic rings. The third kappa shape index (κ3) is 6.74. The Balaban J connectivity index is 2.45. The Labute approximate surface area is 133 Å². The SMILES string of the molecule is CCCC(=O)NCC(=O)NC(C)c1ccc(CC(C)C)cc1. The largest absolute Gasteiger partial charge is 0.348 e. The van der Waals surface area contributed by atoms with Crippen LogP contribution in [0.4, 0.5) is 0 Å². The summed E-state index contributed by atoms with van der Waals surface area (Å²) >= 11 is 0. The van der Waals surface area contributed by atoms with Gasteiger partial charge in [-0.1, -0.05) is 45.0 Å². The second kappa shape index (κ2) is 9.23. The normalized spacial score (nSPS) is 12.0. The van der Waals surface area contributed by atoms with Gasteiger partial charge in [-0.3, -0.25) is 9.59 Å². The van der Waals surface area contributed by atoms with E-state index in [1.54, 1.807) is 0 Å². The van der Waals surface area contributed by atoms with Gasteiger partial charge in [-0.25, -0.2) is 0 Å². The number of nitrogens with one attached hydrogen (secondary N) is 2. The van der Waals surface area contributed by atoms with Crippen LogP contribution in [-0.4, -0.2) is 18.4 Å². The van der Waals surface area contributed by atoms with E-state index in [0.717, 1.165) is 18.4 Å². The molecule has 0 aliphatic carbocycles. The second-order valence-corrected chi connectivity index (χ2v) is 6.16. The van der Waals surface area contributed by atoms with Gasteiger partial charge in [0, 0.05) is 6.42 Å². The van der Waals surface area contributed by atoms with E-state index in [1.165, 1.54) is 5.56 Å². The predicted octanol–water partition coefficient (Wildman–Crippen LogP) is 2.98. The zero-order valence-corrected chi connectivity index (χ0v) is 14.1. The lowest BCUT2D eigenvalue weighted by Gasteiger charge is -2.15. The molecule has 4 heteroatoms. The summed E-state index contributed by atoms with van der Waals surface area (Å²) in [4.78, 5) is 23.2. The van der Waals surface area contributed by atoms with E-state index >= 15 is 0 Å². The molecular formula is C18H28N2O2. The summed E-state index contributed by atoms with van der Waals surface area (Å²) in [6, 6.07) is 8.27. The molecule has 1 aromatic rings. The van der Waals surface area contributed by atoms with Crippen molar-refractivity contribution in [1.82, 2.24) is 10.6 Å². The van der Waals surface area contributed by atoms with E-state index in [9.17, 15) is 9.59 Å². The maximum atomic E-state index is 11.8. The van der Waals surface area contributed by atoms with E-state index in [2.05, 4.69) is 48.7 Å². The van der Waals surface area contributed by atoms with Gasteiger partial charge in [-0.05, 0) is 36.8 Å². The topological polar surface area (TPSA) is 58.2 Å². The molecule has 1 atom stereocenters. The van der Waals surface area contributed by atoms with Gasteiger partial charge in [-0.2, -0.15) is 0 Å². The minimum atomic E-state index is -0.164. The molecule has 0 bridgehead atoms. The maximum Gasteiger partial charge on any atom is 0.239 e. The van der Waals surface area contributed by atoms with Crippen LogP contribution in [0, 0.1) is 5.92 Å². The van der Waals surface area contributed by atoms with Crippen molar-refractivity contribution in [2.45, 2.75) is 53.0 Å². The van der Waals surface area contributed by atoms with Crippen LogP contribution >= 0.6 is 0 Å². The van der Waals surface area contributed by atoms with Crippen molar-refractivity contribution in [2.75, 3.05) is 6.54 Å². The van der Waals surface area contributed by atoms with E-state index in [1.807, 2.05) is 13.8 Å². The van der Waals surface area contributed by atoms with Crippen LogP contribution < -0.4 is 10.6 Å². The van der Waals surface area contributed by atoms with Crippen LogP contribution in [0.1, 0.15) is 57.7 Å². The highest BCUT2D eigenvalue weighted by Crippen LogP contribution is 2.15. The summed E-state index contributed by atoms with van der Waals surface area (Å²) in [6.45, 7) is 8.32. The summed E-state index contributed by atoms with van der Waals surface area (Å²) in [6.07, 6.45) is 2.30. The lowest BCUT2D eigenvalue weighted by molar-refractivity contribution is -0.126. The Bertz CT molecular complexity index is 480. The Kier molecular flexibility index (Phi) is 7.64. The highest BCUT2D eigenvalue weighted by atomic mass is 16.2. The number of carbonyl (C=O) groups excluding carboxylic acids is 2. The molecule has 1 aromatic carbocycles. The molecule has 0 heterocycles. The molecule has 0 fully saturated rings. The van der Waals surface area contributed by atoms with Crippen LogP contribution in [0.15, 0.2) is 24.3 Å². The number of benzene rings is 1. The molecule has 4 nitrogen and oxygen atoms in total. The first-order valence-corrected chi connectivity index (χ1v) is 8.07. The van der Waals surface area contributed by atoms with Gasteiger partial charge in [-0.15, -0.1) is 0 Å². The Morgan fingerprint density at radius 2 is 1.68 bits per heavy atom. The number of hydrogen-bond acceptors (Lipinski definition) is 2. The van der Waals surface area contributed by atoms with Crippen LogP contribution in [0.3, 0.4) is 0 Å². The molecule has 0 saturated heterocycles. The summed E-state index contributed by atoms with van der Waals surface area (Å²) in [5, 5.41) is 5.52. The lowest BCUT2D eigenvalue weighted by atomic mass is 10.00. The van der Waals surface area contributed by atoms with Gasteiger partial charge >= 0.3 is 0 Å². The highest BCUT2D eigenvalue weighted by molar-refractivity contribution is 5.84. The fourth-order valence-corrected chi connectivity index (χ4v) is 2.28. The molecule has 1 unspecified atom stereocenters. The Morgan fingerprint density at radius 3 is 2.23 bits per heavy atom. The Hall–Kier alpha value is -1.84. The van der Waals surface area contributed by atoms with Gasteiger partial charge in [0.05, 0.1) is 12.6 Å². The first-order valence-electron chi connectivity index (χ1n) is 8.07. The Morgan fingerprint density at radius 1 is 1.05 bits per heavy atom. The molecule has 0 radical (unpaired) electrons. The van der Waals surface area contributed by atoms with Crippen LogP contribution in [0.5, 0.6) is 0 Å². The summed E-state index contributed by atoms with van der Waals surface area (Å²) in [7, 11) is 0. The highest BCUT2D eigenvalue weighted by Gasteiger charge is 2.10. The van der Waals surface area contributed by atoms with Crippen molar-refractivity contribution in [1.29, 1.82) is 0 Å². The molecule has 0 spiro atoms. The van der Waals surface area contributed by atoms with Crippen LogP contribution in [0.25, 0.3) is 0 Å². The van der Waals surface area contributed by atoms with Crippen molar-refractivity contribution >= 4 is 11.8 Å². The predicted molar refractivity (Wildman–Crippen MR) is 89.5 cm³/mol. The third-order valence-corrected chi connectivity index (χ3v) is 3.42. The quantitative estimate of drug-likeness (QED) is 0.775. The van der Waals surface area contributed by atoms with Crippen molar-refractivity contribution in [2.24, 2.45) is 5.92 Å². The fraction of sp³-hybridized carbons (Fsp3) is 0.556. The zero-order chi connectivity index (χ0) is 16.5. The number of hydrogen-bond donors (Lipinski definition) is 2. The smallest absolute Gasteiger partial charge is 0.239 e. The monoisotopic (exact) mass is 304 g/mol. The molecule has 1 rings (SSSR count). The lowest BCUT2D eigenvalue weighted by Crippen LogP contribution is -2.37. The third-order valence-electron chi connectivity index (χ3n) is 3.42. The standard InChI is InChI=1S/C18H28N2O2/c1-5-6-17(21)19-12-18(22)20-14(4)16-9-7-15(8-10-16)11-13(2)3/h7-10,13-14H,5-6,11-12H2,1-4H3,(H,19,21)(H,20,22). The van der Waals surface area contributed by atoms with Gasteiger partial charge in [0.1, 0.15) is 0 Å².